The number of nitrogens with one attached hydrogen (secondary N) is 1. The first-order chi connectivity index (χ1) is 12.6. The summed E-state index contributed by atoms with van der Waals surface area (Å²) in [5.74, 6) is 0.383. The van der Waals surface area contributed by atoms with Gasteiger partial charge in [-0.3, -0.25) is 4.79 Å². The maximum atomic E-state index is 12.7. The Hall–Kier alpha value is -2.40. The quantitative estimate of drug-likeness (QED) is 0.478. The van der Waals surface area contributed by atoms with Crippen molar-refractivity contribution in [2.45, 2.75) is 43.4 Å². The molecule has 1 heterocycles. The van der Waals surface area contributed by atoms with E-state index in [2.05, 4.69) is 35.2 Å². The molecule has 5 heteroatoms. The van der Waals surface area contributed by atoms with Gasteiger partial charge >= 0.3 is 0 Å². The van der Waals surface area contributed by atoms with Crippen molar-refractivity contribution in [2.75, 3.05) is 5.32 Å². The normalized spacial score (nSPS) is 13.3. The van der Waals surface area contributed by atoms with Gasteiger partial charge in [0, 0.05) is 11.1 Å². The summed E-state index contributed by atoms with van der Waals surface area (Å²) in [4.78, 5) is 21.4. The van der Waals surface area contributed by atoms with Gasteiger partial charge in [-0.1, -0.05) is 62.0 Å². The predicted octanol–water partition coefficient (Wildman–Crippen LogP) is 5.26. The van der Waals surface area contributed by atoms with Crippen molar-refractivity contribution in [3.05, 3.63) is 60.4 Å². The maximum absolute atomic E-state index is 12.7. The van der Waals surface area contributed by atoms with Crippen molar-refractivity contribution >= 4 is 34.3 Å². The van der Waals surface area contributed by atoms with Gasteiger partial charge in [-0.15, -0.1) is 0 Å². The van der Waals surface area contributed by atoms with Gasteiger partial charge in [0.1, 0.15) is 11.4 Å². The lowest BCUT2D eigenvalue weighted by atomic mass is 9.97. The molecule has 0 bridgehead atoms. The van der Waals surface area contributed by atoms with E-state index >= 15 is 0 Å². The molecular formula is C21H23N3OS. The molecule has 0 radical (unpaired) electrons. The number of benzene rings is 2. The molecule has 26 heavy (non-hydrogen) atoms. The number of nitrogens with zero attached hydrogens (tertiary/aromatic N) is 2. The number of anilines is 1. The zero-order valence-corrected chi connectivity index (χ0v) is 16.1. The number of carbonyl (C=O) groups is 1. The fourth-order valence-corrected chi connectivity index (χ4v) is 3.70. The van der Waals surface area contributed by atoms with Crippen LogP contribution in [0.1, 0.15) is 38.7 Å². The van der Waals surface area contributed by atoms with Crippen LogP contribution in [-0.2, 0) is 4.79 Å². The van der Waals surface area contributed by atoms with Crippen LogP contribution >= 0.6 is 11.8 Å². The van der Waals surface area contributed by atoms with Crippen molar-refractivity contribution in [1.82, 2.24) is 9.97 Å². The molecule has 0 aliphatic heterocycles. The van der Waals surface area contributed by atoms with E-state index in [0.717, 1.165) is 28.0 Å². The van der Waals surface area contributed by atoms with E-state index in [1.54, 1.807) is 6.33 Å². The molecule has 0 saturated carbocycles. The molecule has 134 valence electrons. The summed E-state index contributed by atoms with van der Waals surface area (Å²) < 4.78 is 0. The van der Waals surface area contributed by atoms with Gasteiger partial charge in [0.2, 0.25) is 5.91 Å². The highest BCUT2D eigenvalue weighted by Gasteiger charge is 2.19. The van der Waals surface area contributed by atoms with Crippen LogP contribution < -0.4 is 5.32 Å². The van der Waals surface area contributed by atoms with Gasteiger partial charge in [0.15, 0.2) is 0 Å². The molecule has 0 aliphatic carbocycles. The summed E-state index contributed by atoms with van der Waals surface area (Å²) in [7, 11) is 0. The first-order valence-electron chi connectivity index (χ1n) is 8.86. The van der Waals surface area contributed by atoms with Crippen molar-refractivity contribution in [1.29, 1.82) is 0 Å². The van der Waals surface area contributed by atoms with Gasteiger partial charge in [-0.05, 0) is 37.0 Å². The molecule has 0 fully saturated rings. The molecule has 1 amide bonds. The van der Waals surface area contributed by atoms with Crippen LogP contribution in [0.2, 0.25) is 0 Å². The molecule has 1 aromatic heterocycles. The Morgan fingerprint density at radius 1 is 1.08 bits per heavy atom. The Bertz CT molecular complexity index is 907. The zero-order valence-electron chi connectivity index (χ0n) is 15.3. The highest BCUT2D eigenvalue weighted by Crippen LogP contribution is 2.30. The van der Waals surface area contributed by atoms with E-state index in [1.165, 1.54) is 17.3 Å². The lowest BCUT2D eigenvalue weighted by Gasteiger charge is -2.17. The van der Waals surface area contributed by atoms with Gasteiger partial charge in [0.05, 0.1) is 10.8 Å². The first kappa shape index (κ1) is 18.4. The van der Waals surface area contributed by atoms with Crippen LogP contribution in [0, 0.1) is 0 Å². The third-order valence-electron chi connectivity index (χ3n) is 4.53. The zero-order chi connectivity index (χ0) is 18.5. The molecule has 0 saturated heterocycles. The molecular weight excluding hydrogens is 342 g/mol. The summed E-state index contributed by atoms with van der Waals surface area (Å²) in [6, 6.07) is 15.9. The third-order valence-corrected chi connectivity index (χ3v) is 5.64. The van der Waals surface area contributed by atoms with E-state index < -0.39 is 0 Å². The van der Waals surface area contributed by atoms with Gasteiger partial charge < -0.3 is 5.32 Å². The average molecular weight is 366 g/mol. The molecule has 3 rings (SSSR count). The Balaban J connectivity index is 1.77. The largest absolute Gasteiger partial charge is 0.325 e. The SMILES string of the molecule is CC[C@H](C)c1ccccc1NC(=O)[C@H](C)Sc1ncnc2ccccc12. The van der Waals surface area contributed by atoms with Gasteiger partial charge in [0.25, 0.3) is 0 Å². The topological polar surface area (TPSA) is 54.9 Å². The Labute approximate surface area is 158 Å². The molecule has 2 aromatic carbocycles. The van der Waals surface area contributed by atoms with E-state index in [0.29, 0.717) is 5.92 Å². The van der Waals surface area contributed by atoms with Crippen LogP contribution in [0.25, 0.3) is 10.9 Å². The minimum absolute atomic E-state index is 0.0200. The highest BCUT2D eigenvalue weighted by molar-refractivity contribution is 8.00. The molecule has 0 spiro atoms. The third kappa shape index (κ3) is 4.05. The fourth-order valence-electron chi connectivity index (χ4n) is 2.79. The van der Waals surface area contributed by atoms with E-state index in [1.807, 2.05) is 49.4 Å². The Kier molecular flexibility index (Phi) is 5.89. The Morgan fingerprint density at radius 2 is 1.81 bits per heavy atom. The number of para-hydroxylation sites is 2. The van der Waals surface area contributed by atoms with Crippen molar-refractivity contribution < 1.29 is 4.79 Å². The number of hydrogen-bond acceptors (Lipinski definition) is 4. The van der Waals surface area contributed by atoms with E-state index in [-0.39, 0.29) is 11.2 Å². The summed E-state index contributed by atoms with van der Waals surface area (Å²) in [6.07, 6.45) is 2.58. The highest BCUT2D eigenvalue weighted by atomic mass is 32.2. The maximum Gasteiger partial charge on any atom is 0.237 e. The molecule has 0 aliphatic rings. The number of aromatic nitrogens is 2. The molecule has 0 unspecified atom stereocenters. The second kappa shape index (κ2) is 8.32. The Morgan fingerprint density at radius 3 is 2.62 bits per heavy atom. The summed E-state index contributed by atoms with van der Waals surface area (Å²) in [5.41, 5.74) is 2.96. The molecule has 4 nitrogen and oxygen atoms in total. The van der Waals surface area contributed by atoms with Gasteiger partial charge in [-0.25, -0.2) is 9.97 Å². The minimum Gasteiger partial charge on any atom is -0.325 e. The number of carbonyl (C=O) groups excluding carboxylic acids is 1. The summed E-state index contributed by atoms with van der Waals surface area (Å²) in [6.45, 7) is 6.24. The second-order valence-electron chi connectivity index (χ2n) is 6.34. The molecule has 1 N–H and O–H groups in total. The minimum atomic E-state index is -0.265. The molecule has 3 aromatic rings. The molecule has 2 atom stereocenters. The number of amides is 1. The number of thioether (sulfide) groups is 1. The average Bonchev–Trinajstić information content (AvgIpc) is 2.68. The van der Waals surface area contributed by atoms with Crippen LogP contribution in [-0.4, -0.2) is 21.1 Å². The number of hydrogen-bond donors (Lipinski definition) is 1. The van der Waals surface area contributed by atoms with Crippen LogP contribution in [0.5, 0.6) is 0 Å². The monoisotopic (exact) mass is 365 g/mol. The van der Waals surface area contributed by atoms with Crippen LogP contribution in [0.3, 0.4) is 0 Å². The standard InChI is InChI=1S/C21H23N3OS/c1-4-14(2)16-9-5-8-12-19(16)24-20(25)15(3)26-21-17-10-6-7-11-18(17)22-13-23-21/h5-15H,4H2,1-3H3,(H,24,25)/t14-,15-/m0/s1. The summed E-state index contributed by atoms with van der Waals surface area (Å²) >= 11 is 1.46. The van der Waals surface area contributed by atoms with Gasteiger partial charge in [-0.2, -0.15) is 0 Å². The fraction of sp³-hybridized carbons (Fsp3) is 0.286. The lowest BCUT2D eigenvalue weighted by molar-refractivity contribution is -0.115. The predicted molar refractivity (Wildman–Crippen MR) is 109 cm³/mol. The first-order valence-corrected chi connectivity index (χ1v) is 9.74. The number of fused-ring (bicyclic) bond motifs is 1. The summed E-state index contributed by atoms with van der Waals surface area (Å²) in [5, 5.41) is 4.62. The number of rotatable bonds is 6. The van der Waals surface area contributed by atoms with Crippen molar-refractivity contribution in [3.8, 4) is 0 Å². The van der Waals surface area contributed by atoms with Crippen molar-refractivity contribution in [3.63, 3.8) is 0 Å². The van der Waals surface area contributed by atoms with Crippen LogP contribution in [0.15, 0.2) is 59.9 Å². The smallest absolute Gasteiger partial charge is 0.237 e. The lowest BCUT2D eigenvalue weighted by Crippen LogP contribution is -2.23. The van der Waals surface area contributed by atoms with E-state index in [9.17, 15) is 4.79 Å². The van der Waals surface area contributed by atoms with Crippen molar-refractivity contribution in [2.24, 2.45) is 0 Å². The van der Waals surface area contributed by atoms with E-state index in [4.69, 9.17) is 0 Å². The van der Waals surface area contributed by atoms with Crippen LogP contribution in [0.4, 0.5) is 5.69 Å². The second-order valence-corrected chi connectivity index (χ2v) is 7.67.